The first-order valence-corrected chi connectivity index (χ1v) is 11.5. The summed E-state index contributed by atoms with van der Waals surface area (Å²) in [5, 5.41) is 3.96. The normalized spacial score (nSPS) is 11.2. The molecule has 0 bridgehead atoms. The molecule has 0 fully saturated rings. The Labute approximate surface area is 193 Å². The highest BCUT2D eigenvalue weighted by Crippen LogP contribution is 2.37. The number of fused-ring (bicyclic) bond motifs is 1. The third-order valence-corrected chi connectivity index (χ3v) is 6.04. The van der Waals surface area contributed by atoms with Crippen molar-refractivity contribution in [2.75, 3.05) is 26.2 Å². The third-order valence-electron chi connectivity index (χ3n) is 6.04. The molecule has 0 aliphatic heterocycles. The number of nitrogens with one attached hydrogen (secondary N) is 3. The van der Waals surface area contributed by atoms with Gasteiger partial charge in [-0.25, -0.2) is 0 Å². The zero-order valence-electron chi connectivity index (χ0n) is 19.2. The third kappa shape index (κ3) is 4.91. The minimum atomic E-state index is -0.160. The van der Waals surface area contributed by atoms with Crippen LogP contribution in [-0.2, 0) is 0 Å². The molecule has 0 radical (unpaired) electrons. The maximum Gasteiger partial charge on any atom is 0.257 e. The van der Waals surface area contributed by atoms with Crippen LogP contribution in [0.3, 0.4) is 0 Å². The van der Waals surface area contributed by atoms with E-state index in [9.17, 15) is 9.59 Å². The highest BCUT2D eigenvalue weighted by Gasteiger charge is 2.18. The Hall–Kier alpha value is -3.64. The molecule has 6 nitrogen and oxygen atoms in total. The second-order valence-corrected chi connectivity index (χ2v) is 8.05. The molecule has 4 rings (SSSR count). The molecule has 2 aromatic heterocycles. The quantitative estimate of drug-likeness (QED) is 0.330. The van der Waals surface area contributed by atoms with E-state index in [1.807, 2.05) is 54.6 Å². The summed E-state index contributed by atoms with van der Waals surface area (Å²) in [5.41, 5.74) is 4.54. The number of carbonyl (C=O) groups is 1. The molecule has 0 atom stereocenters. The number of amides is 1. The van der Waals surface area contributed by atoms with Gasteiger partial charge in [-0.15, -0.1) is 0 Å². The van der Waals surface area contributed by atoms with E-state index >= 15 is 0 Å². The molecule has 0 aliphatic carbocycles. The second-order valence-electron chi connectivity index (χ2n) is 8.05. The Morgan fingerprint density at radius 3 is 2.52 bits per heavy atom. The molecule has 33 heavy (non-hydrogen) atoms. The number of carbonyl (C=O) groups excluding carboxylic acids is 1. The molecule has 0 saturated carbocycles. The van der Waals surface area contributed by atoms with Crippen LogP contribution in [0.25, 0.3) is 33.3 Å². The molecular formula is C27H30N4O2. The molecule has 0 spiro atoms. The van der Waals surface area contributed by atoms with Gasteiger partial charge in [0.15, 0.2) is 0 Å². The number of rotatable bonds is 9. The van der Waals surface area contributed by atoms with Crippen molar-refractivity contribution in [1.29, 1.82) is 0 Å². The number of benzene rings is 2. The number of aromatic amines is 2. The van der Waals surface area contributed by atoms with Gasteiger partial charge in [0.05, 0.1) is 11.3 Å². The monoisotopic (exact) mass is 442 g/mol. The van der Waals surface area contributed by atoms with Crippen molar-refractivity contribution in [2.24, 2.45) is 0 Å². The summed E-state index contributed by atoms with van der Waals surface area (Å²) in [6, 6.07) is 19.2. The first-order valence-electron chi connectivity index (χ1n) is 11.5. The van der Waals surface area contributed by atoms with Gasteiger partial charge < -0.3 is 20.2 Å². The van der Waals surface area contributed by atoms with E-state index in [1.54, 1.807) is 12.3 Å². The lowest BCUT2D eigenvalue weighted by Gasteiger charge is -2.17. The second kappa shape index (κ2) is 10.3. The average molecular weight is 443 g/mol. The van der Waals surface area contributed by atoms with Crippen molar-refractivity contribution < 1.29 is 4.79 Å². The summed E-state index contributed by atoms with van der Waals surface area (Å²) in [7, 11) is 0. The maximum atomic E-state index is 12.9. The molecule has 0 unspecified atom stereocenters. The SMILES string of the molecule is CCN(CC)CCCNC(=O)c1ccc2[nH]c(-c3ccc[nH]c3=O)c(-c3ccccc3)c2c1. The van der Waals surface area contributed by atoms with Gasteiger partial charge >= 0.3 is 0 Å². The summed E-state index contributed by atoms with van der Waals surface area (Å²) in [5.74, 6) is -0.0873. The van der Waals surface area contributed by atoms with E-state index in [-0.39, 0.29) is 11.5 Å². The molecule has 2 aromatic carbocycles. The van der Waals surface area contributed by atoms with E-state index in [0.29, 0.717) is 17.7 Å². The first-order chi connectivity index (χ1) is 16.1. The number of hydrogen-bond donors (Lipinski definition) is 3. The van der Waals surface area contributed by atoms with E-state index < -0.39 is 0 Å². The van der Waals surface area contributed by atoms with Crippen LogP contribution in [0.2, 0.25) is 0 Å². The minimum Gasteiger partial charge on any atom is -0.354 e. The summed E-state index contributed by atoms with van der Waals surface area (Å²) in [4.78, 5) is 33.9. The lowest BCUT2D eigenvalue weighted by atomic mass is 9.98. The van der Waals surface area contributed by atoms with Gasteiger partial charge in [0.2, 0.25) is 0 Å². The van der Waals surface area contributed by atoms with E-state index in [1.165, 1.54) is 0 Å². The number of H-pyrrole nitrogens is 2. The predicted octanol–water partition coefficient (Wildman–Crippen LogP) is 4.65. The van der Waals surface area contributed by atoms with Gasteiger partial charge in [-0.3, -0.25) is 9.59 Å². The van der Waals surface area contributed by atoms with Crippen LogP contribution in [-0.4, -0.2) is 47.0 Å². The van der Waals surface area contributed by atoms with Gasteiger partial charge in [-0.05, 0) is 62.0 Å². The Morgan fingerprint density at radius 2 is 1.79 bits per heavy atom. The van der Waals surface area contributed by atoms with Crippen LogP contribution in [0, 0.1) is 0 Å². The Morgan fingerprint density at radius 1 is 1.00 bits per heavy atom. The predicted molar refractivity (Wildman–Crippen MR) is 135 cm³/mol. The Bertz CT molecular complexity index is 1290. The lowest BCUT2D eigenvalue weighted by molar-refractivity contribution is 0.0952. The number of nitrogens with zero attached hydrogens (tertiary/aromatic N) is 1. The lowest BCUT2D eigenvalue weighted by Crippen LogP contribution is -2.29. The number of pyridine rings is 1. The fourth-order valence-electron chi connectivity index (χ4n) is 4.20. The van der Waals surface area contributed by atoms with Crippen LogP contribution in [0.5, 0.6) is 0 Å². The average Bonchev–Trinajstić information content (AvgIpc) is 3.23. The van der Waals surface area contributed by atoms with Crippen LogP contribution in [0.1, 0.15) is 30.6 Å². The van der Waals surface area contributed by atoms with Gasteiger partial charge in [0, 0.05) is 34.8 Å². The van der Waals surface area contributed by atoms with Crippen LogP contribution in [0.15, 0.2) is 71.7 Å². The van der Waals surface area contributed by atoms with Crippen molar-refractivity contribution in [3.05, 3.63) is 82.8 Å². The highest BCUT2D eigenvalue weighted by atomic mass is 16.1. The molecule has 2 heterocycles. The molecule has 6 heteroatoms. The molecule has 3 N–H and O–H groups in total. The summed E-state index contributed by atoms with van der Waals surface area (Å²) >= 11 is 0. The topological polar surface area (TPSA) is 81.0 Å². The van der Waals surface area contributed by atoms with Gasteiger partial charge in [0.1, 0.15) is 0 Å². The van der Waals surface area contributed by atoms with E-state index in [0.717, 1.165) is 53.8 Å². The molecule has 170 valence electrons. The molecule has 0 saturated heterocycles. The van der Waals surface area contributed by atoms with E-state index in [4.69, 9.17) is 0 Å². The molecule has 1 amide bonds. The zero-order chi connectivity index (χ0) is 23.2. The maximum absolute atomic E-state index is 12.9. The van der Waals surface area contributed by atoms with Crippen molar-refractivity contribution >= 4 is 16.8 Å². The summed E-state index contributed by atoms with van der Waals surface area (Å²) in [6.07, 6.45) is 2.54. The summed E-state index contributed by atoms with van der Waals surface area (Å²) in [6.45, 7) is 7.94. The largest absolute Gasteiger partial charge is 0.354 e. The fourth-order valence-corrected chi connectivity index (χ4v) is 4.20. The smallest absolute Gasteiger partial charge is 0.257 e. The first kappa shape index (κ1) is 22.6. The highest BCUT2D eigenvalue weighted by molar-refractivity contribution is 6.07. The molecular weight excluding hydrogens is 412 g/mol. The minimum absolute atomic E-state index is 0.0873. The van der Waals surface area contributed by atoms with E-state index in [2.05, 4.69) is 34.0 Å². The number of aromatic nitrogens is 2. The molecule has 4 aromatic rings. The Kier molecular flexibility index (Phi) is 7.05. The van der Waals surface area contributed by atoms with Crippen LogP contribution >= 0.6 is 0 Å². The van der Waals surface area contributed by atoms with Gasteiger partial charge in [-0.2, -0.15) is 0 Å². The fraction of sp³-hybridized carbons (Fsp3) is 0.259. The summed E-state index contributed by atoms with van der Waals surface area (Å²) < 4.78 is 0. The standard InChI is InChI=1S/C27H30N4O2/c1-3-31(4-2)17-9-16-28-26(32)20-13-14-23-22(18-20)24(19-10-6-5-7-11-19)25(30-23)21-12-8-15-29-27(21)33/h5-8,10-15,18,30H,3-4,9,16-17H2,1-2H3,(H,28,32)(H,29,33). The van der Waals surface area contributed by atoms with Crippen molar-refractivity contribution in [2.45, 2.75) is 20.3 Å². The van der Waals surface area contributed by atoms with Crippen molar-refractivity contribution in [3.63, 3.8) is 0 Å². The zero-order valence-corrected chi connectivity index (χ0v) is 19.2. The van der Waals surface area contributed by atoms with Crippen molar-refractivity contribution in [1.82, 2.24) is 20.2 Å². The Balaban J connectivity index is 1.68. The van der Waals surface area contributed by atoms with Crippen LogP contribution < -0.4 is 10.9 Å². The van der Waals surface area contributed by atoms with Crippen molar-refractivity contribution in [3.8, 4) is 22.4 Å². The van der Waals surface area contributed by atoms with Gasteiger partial charge in [0.25, 0.3) is 11.5 Å². The van der Waals surface area contributed by atoms with Crippen LogP contribution in [0.4, 0.5) is 0 Å². The molecule has 0 aliphatic rings. The number of hydrogen-bond acceptors (Lipinski definition) is 3. The van der Waals surface area contributed by atoms with Gasteiger partial charge in [-0.1, -0.05) is 44.2 Å².